The normalized spacial score (nSPS) is 10.9. The molecular weight excluding hydrogens is 220 g/mol. The van der Waals surface area contributed by atoms with Crippen LogP contribution in [0.4, 0.5) is 0 Å². The first-order valence-electron chi connectivity index (χ1n) is 5.32. The van der Waals surface area contributed by atoms with Crippen LogP contribution in [0, 0.1) is 11.3 Å². The first-order valence-corrected chi connectivity index (χ1v) is 5.32. The molecule has 0 saturated carbocycles. The number of nitrogens with zero attached hydrogens (tertiary/aromatic N) is 1. The van der Waals surface area contributed by atoms with Gasteiger partial charge in [-0.25, -0.2) is 4.79 Å². The van der Waals surface area contributed by atoms with Gasteiger partial charge in [-0.2, -0.15) is 5.26 Å². The van der Waals surface area contributed by atoms with Gasteiger partial charge < -0.3 is 14.5 Å². The molecule has 0 bridgehead atoms. The molecule has 0 spiro atoms. The molecule has 0 aliphatic rings. The molecule has 17 heavy (non-hydrogen) atoms. The summed E-state index contributed by atoms with van der Waals surface area (Å²) in [6, 6.07) is 4.95. The molecule has 0 fully saturated rings. The minimum Gasteiger partial charge on any atom is -0.459 e. The molecule has 1 rings (SSSR count). The van der Waals surface area contributed by atoms with Crippen molar-refractivity contribution < 1.29 is 14.3 Å². The number of aromatic nitrogens is 1. The van der Waals surface area contributed by atoms with Crippen molar-refractivity contribution in [2.75, 3.05) is 13.2 Å². The highest BCUT2D eigenvalue weighted by molar-refractivity contribution is 5.87. The summed E-state index contributed by atoms with van der Waals surface area (Å²) in [6.07, 6.45) is 0. The maximum atomic E-state index is 11.5. The summed E-state index contributed by atoms with van der Waals surface area (Å²) < 4.78 is 10.4. The lowest BCUT2D eigenvalue weighted by atomic mass is 10.2. The van der Waals surface area contributed by atoms with Gasteiger partial charge in [-0.1, -0.05) is 0 Å². The van der Waals surface area contributed by atoms with Crippen molar-refractivity contribution in [2.45, 2.75) is 26.4 Å². The van der Waals surface area contributed by atoms with E-state index in [1.165, 1.54) is 12.1 Å². The fraction of sp³-hybridized carbons (Fsp3) is 0.500. The summed E-state index contributed by atoms with van der Waals surface area (Å²) in [5.74, 6) is -0.482. The molecular formula is C12H16N2O3. The Bertz CT molecular complexity index is 424. The zero-order chi connectivity index (χ0) is 12.9. The van der Waals surface area contributed by atoms with Crippen LogP contribution in [0.5, 0.6) is 0 Å². The number of carbonyl (C=O) groups is 1. The summed E-state index contributed by atoms with van der Waals surface area (Å²) in [5, 5.41) is 8.58. The summed E-state index contributed by atoms with van der Waals surface area (Å²) >= 11 is 0. The van der Waals surface area contributed by atoms with E-state index in [1.807, 2.05) is 26.8 Å². The van der Waals surface area contributed by atoms with Gasteiger partial charge in [0.2, 0.25) is 0 Å². The molecule has 0 unspecified atom stereocenters. The Labute approximate surface area is 100 Å². The Hall–Kier alpha value is -1.80. The number of esters is 1. The monoisotopic (exact) mass is 236 g/mol. The van der Waals surface area contributed by atoms with E-state index < -0.39 is 5.97 Å². The van der Waals surface area contributed by atoms with Crippen molar-refractivity contribution in [1.82, 2.24) is 4.98 Å². The van der Waals surface area contributed by atoms with Gasteiger partial charge in [-0.15, -0.1) is 0 Å². The minimum atomic E-state index is -0.482. The first-order chi connectivity index (χ1) is 7.92. The quantitative estimate of drug-likeness (QED) is 0.639. The first kappa shape index (κ1) is 13.3. The number of ether oxygens (including phenoxy) is 2. The molecule has 0 aliphatic heterocycles. The zero-order valence-corrected chi connectivity index (χ0v) is 10.2. The van der Waals surface area contributed by atoms with Gasteiger partial charge in [0, 0.05) is 0 Å². The highest BCUT2D eigenvalue weighted by atomic mass is 16.6. The van der Waals surface area contributed by atoms with Gasteiger partial charge in [0.15, 0.2) is 0 Å². The average Bonchev–Trinajstić information content (AvgIpc) is 2.71. The highest BCUT2D eigenvalue weighted by Gasteiger charge is 2.12. The second kappa shape index (κ2) is 5.51. The lowest BCUT2D eigenvalue weighted by Gasteiger charge is -2.19. The number of hydrogen-bond donors (Lipinski definition) is 1. The summed E-state index contributed by atoms with van der Waals surface area (Å²) in [7, 11) is 0. The number of nitrogens with one attached hydrogen (secondary N) is 1. The maximum absolute atomic E-state index is 11.5. The summed E-state index contributed by atoms with van der Waals surface area (Å²) in [4.78, 5) is 14.1. The average molecular weight is 236 g/mol. The summed E-state index contributed by atoms with van der Waals surface area (Å²) in [5.41, 5.74) is 0.368. The number of rotatable bonds is 4. The van der Waals surface area contributed by atoms with Crippen LogP contribution in [-0.2, 0) is 9.47 Å². The number of nitriles is 1. The molecule has 5 nitrogen and oxygen atoms in total. The van der Waals surface area contributed by atoms with E-state index in [2.05, 4.69) is 4.98 Å². The van der Waals surface area contributed by atoms with E-state index >= 15 is 0 Å². The Morgan fingerprint density at radius 1 is 1.41 bits per heavy atom. The largest absolute Gasteiger partial charge is 0.459 e. The highest BCUT2D eigenvalue weighted by Crippen LogP contribution is 2.06. The fourth-order valence-corrected chi connectivity index (χ4v) is 1.14. The molecule has 1 aromatic rings. The van der Waals surface area contributed by atoms with E-state index in [4.69, 9.17) is 14.7 Å². The topological polar surface area (TPSA) is 75.1 Å². The predicted octanol–water partition coefficient (Wildman–Crippen LogP) is 1.86. The van der Waals surface area contributed by atoms with Gasteiger partial charge in [0.1, 0.15) is 24.1 Å². The van der Waals surface area contributed by atoms with Gasteiger partial charge in [0.25, 0.3) is 0 Å². The molecule has 0 radical (unpaired) electrons. The van der Waals surface area contributed by atoms with Gasteiger partial charge in [-0.3, -0.25) is 0 Å². The van der Waals surface area contributed by atoms with E-state index in [-0.39, 0.29) is 17.9 Å². The van der Waals surface area contributed by atoms with Crippen molar-refractivity contribution in [3.05, 3.63) is 23.5 Å². The SMILES string of the molecule is CC(C)(C)OCCOC(=O)c1ccc(C#N)[nH]1. The smallest absolute Gasteiger partial charge is 0.354 e. The number of hydrogen-bond acceptors (Lipinski definition) is 4. The molecule has 0 amide bonds. The lowest BCUT2D eigenvalue weighted by molar-refractivity contribution is -0.0282. The van der Waals surface area contributed by atoms with Crippen LogP contribution in [0.3, 0.4) is 0 Å². The van der Waals surface area contributed by atoms with Crippen LogP contribution in [0.25, 0.3) is 0 Å². The van der Waals surface area contributed by atoms with Crippen molar-refractivity contribution in [3.63, 3.8) is 0 Å². The fourth-order valence-electron chi connectivity index (χ4n) is 1.14. The second-order valence-corrected chi connectivity index (χ2v) is 4.49. The van der Waals surface area contributed by atoms with Crippen LogP contribution in [0.15, 0.2) is 12.1 Å². The predicted molar refractivity (Wildman–Crippen MR) is 61.5 cm³/mol. The van der Waals surface area contributed by atoms with E-state index in [1.54, 1.807) is 0 Å². The lowest BCUT2D eigenvalue weighted by Crippen LogP contribution is -2.22. The molecule has 92 valence electrons. The molecule has 1 aromatic heterocycles. The van der Waals surface area contributed by atoms with Crippen molar-refractivity contribution >= 4 is 5.97 Å². The van der Waals surface area contributed by atoms with E-state index in [0.29, 0.717) is 12.3 Å². The summed E-state index contributed by atoms with van der Waals surface area (Å²) in [6.45, 7) is 6.33. The van der Waals surface area contributed by atoms with E-state index in [0.717, 1.165) is 0 Å². The third-order valence-corrected chi connectivity index (χ3v) is 1.88. The van der Waals surface area contributed by atoms with Gasteiger partial charge in [0.05, 0.1) is 12.2 Å². The van der Waals surface area contributed by atoms with Crippen LogP contribution in [0.1, 0.15) is 37.0 Å². The molecule has 0 aliphatic carbocycles. The Morgan fingerprint density at radius 3 is 2.65 bits per heavy atom. The van der Waals surface area contributed by atoms with Crippen molar-refractivity contribution in [1.29, 1.82) is 5.26 Å². The van der Waals surface area contributed by atoms with Crippen LogP contribution < -0.4 is 0 Å². The van der Waals surface area contributed by atoms with Gasteiger partial charge >= 0.3 is 5.97 Å². The minimum absolute atomic E-state index is 0.191. The van der Waals surface area contributed by atoms with Gasteiger partial charge in [-0.05, 0) is 32.9 Å². The molecule has 1 heterocycles. The molecule has 1 N–H and O–H groups in total. The Kier molecular flexibility index (Phi) is 4.30. The van der Waals surface area contributed by atoms with Crippen LogP contribution in [-0.4, -0.2) is 29.8 Å². The number of H-pyrrole nitrogens is 1. The van der Waals surface area contributed by atoms with Crippen LogP contribution in [0.2, 0.25) is 0 Å². The molecule has 0 atom stereocenters. The maximum Gasteiger partial charge on any atom is 0.354 e. The number of aromatic amines is 1. The van der Waals surface area contributed by atoms with Crippen LogP contribution >= 0.6 is 0 Å². The third kappa shape index (κ3) is 4.70. The Morgan fingerprint density at radius 2 is 2.12 bits per heavy atom. The van der Waals surface area contributed by atoms with Crippen molar-refractivity contribution in [3.8, 4) is 6.07 Å². The molecule has 5 heteroatoms. The third-order valence-electron chi connectivity index (χ3n) is 1.88. The van der Waals surface area contributed by atoms with Crippen molar-refractivity contribution in [2.24, 2.45) is 0 Å². The zero-order valence-electron chi connectivity index (χ0n) is 10.2. The van der Waals surface area contributed by atoms with E-state index in [9.17, 15) is 4.79 Å². The standard InChI is InChI=1S/C12H16N2O3/c1-12(2,3)17-7-6-16-11(15)10-5-4-9(8-13)14-10/h4-5,14H,6-7H2,1-3H3. The second-order valence-electron chi connectivity index (χ2n) is 4.49. The Balaban J connectivity index is 2.33. The number of carbonyl (C=O) groups excluding carboxylic acids is 1. The molecule has 0 saturated heterocycles. The molecule has 0 aromatic carbocycles.